The molecule has 64 heavy (non-hydrogen) atoms. The molecule has 12 rings (SSSR count). The van der Waals surface area contributed by atoms with Gasteiger partial charge < -0.3 is 9.13 Å². The molecular formula is C58H36N6. The van der Waals surface area contributed by atoms with Crippen LogP contribution < -0.4 is 0 Å². The molecule has 298 valence electrons. The fourth-order valence-electron chi connectivity index (χ4n) is 9.37. The van der Waals surface area contributed by atoms with Gasteiger partial charge in [0.15, 0.2) is 17.5 Å². The molecule has 3 heterocycles. The summed E-state index contributed by atoms with van der Waals surface area (Å²) in [6, 6.07) is 77.9. The third-order valence-electron chi connectivity index (χ3n) is 12.2. The van der Waals surface area contributed by atoms with Gasteiger partial charge in [-0.3, -0.25) is 0 Å². The largest absolute Gasteiger partial charge is 0.307 e. The fraction of sp³-hybridized carbons (Fsp3) is 0. The second kappa shape index (κ2) is 15.2. The fourth-order valence-corrected chi connectivity index (χ4v) is 9.37. The van der Waals surface area contributed by atoms with Crippen LogP contribution in [0, 0.1) is 11.3 Å². The summed E-state index contributed by atoms with van der Waals surface area (Å²) in [4.78, 5) is 15.8. The van der Waals surface area contributed by atoms with Crippen LogP contribution in [0.1, 0.15) is 5.56 Å². The number of hydrogen-bond donors (Lipinski definition) is 0. The molecule has 0 fully saturated rings. The molecule has 3 aromatic heterocycles. The van der Waals surface area contributed by atoms with Gasteiger partial charge in [0.25, 0.3) is 0 Å². The van der Waals surface area contributed by atoms with Crippen LogP contribution in [0.5, 0.6) is 0 Å². The Morgan fingerprint density at radius 2 is 0.734 bits per heavy atom. The first kappa shape index (κ1) is 36.9. The molecule has 6 nitrogen and oxygen atoms in total. The summed E-state index contributed by atoms with van der Waals surface area (Å²) in [7, 11) is 0. The number of nitrogens with zero attached hydrogens (tertiary/aromatic N) is 6. The Labute approximate surface area is 369 Å². The Morgan fingerprint density at radius 1 is 0.328 bits per heavy atom. The normalized spacial score (nSPS) is 11.4. The van der Waals surface area contributed by atoms with Gasteiger partial charge in [-0.25, -0.2) is 15.0 Å². The predicted octanol–water partition coefficient (Wildman–Crippen LogP) is 14.3. The highest BCUT2D eigenvalue weighted by molar-refractivity contribution is 6.14. The van der Waals surface area contributed by atoms with E-state index >= 15 is 0 Å². The summed E-state index contributed by atoms with van der Waals surface area (Å²) in [5, 5.41) is 15.9. The lowest BCUT2D eigenvalue weighted by atomic mass is 9.92. The van der Waals surface area contributed by atoms with Gasteiger partial charge in [0, 0.05) is 43.8 Å². The van der Waals surface area contributed by atoms with Crippen LogP contribution in [-0.4, -0.2) is 24.1 Å². The molecule has 0 amide bonds. The monoisotopic (exact) mass is 816 g/mol. The van der Waals surface area contributed by atoms with Crippen molar-refractivity contribution in [1.29, 1.82) is 5.26 Å². The molecule has 0 unspecified atom stereocenters. The maximum Gasteiger partial charge on any atom is 0.166 e. The zero-order chi connectivity index (χ0) is 42.6. The maximum absolute atomic E-state index is 11.4. The van der Waals surface area contributed by atoms with Gasteiger partial charge in [-0.2, -0.15) is 5.26 Å². The minimum Gasteiger partial charge on any atom is -0.307 e. The summed E-state index contributed by atoms with van der Waals surface area (Å²) < 4.78 is 4.72. The lowest BCUT2D eigenvalue weighted by Crippen LogP contribution is -2.11. The molecule has 9 aromatic carbocycles. The van der Waals surface area contributed by atoms with Crippen molar-refractivity contribution in [1.82, 2.24) is 24.1 Å². The number of aromatic nitrogens is 5. The molecule has 0 radical (unpaired) electrons. The molecule has 0 spiro atoms. The van der Waals surface area contributed by atoms with Gasteiger partial charge in [0.1, 0.15) is 0 Å². The van der Waals surface area contributed by atoms with E-state index in [1.54, 1.807) is 0 Å². The van der Waals surface area contributed by atoms with E-state index in [2.05, 4.69) is 149 Å². The minimum absolute atomic E-state index is 0.452. The highest BCUT2D eigenvalue weighted by atomic mass is 15.1. The van der Waals surface area contributed by atoms with Crippen molar-refractivity contribution in [3.8, 4) is 73.9 Å². The summed E-state index contributed by atoms with van der Waals surface area (Å²) in [6.45, 7) is 0. The van der Waals surface area contributed by atoms with Crippen LogP contribution >= 0.6 is 0 Å². The van der Waals surface area contributed by atoms with Crippen molar-refractivity contribution < 1.29 is 0 Å². The molecule has 6 heteroatoms. The van der Waals surface area contributed by atoms with Crippen molar-refractivity contribution in [2.24, 2.45) is 0 Å². The summed E-state index contributed by atoms with van der Waals surface area (Å²) in [5.41, 5.74) is 12.6. The van der Waals surface area contributed by atoms with Crippen molar-refractivity contribution in [2.75, 3.05) is 0 Å². The first-order valence-corrected chi connectivity index (χ1v) is 21.3. The molecule has 12 aromatic rings. The van der Waals surface area contributed by atoms with Crippen molar-refractivity contribution in [3.05, 3.63) is 224 Å². The molecule has 0 saturated carbocycles. The highest BCUT2D eigenvalue weighted by Gasteiger charge is 2.30. The van der Waals surface area contributed by atoms with Crippen molar-refractivity contribution in [3.63, 3.8) is 0 Å². The summed E-state index contributed by atoms with van der Waals surface area (Å²) >= 11 is 0. The lowest BCUT2D eigenvalue weighted by molar-refractivity contribution is 1.05. The minimum atomic E-state index is 0.452. The van der Waals surface area contributed by atoms with E-state index in [1.807, 2.05) is 84.9 Å². The van der Waals surface area contributed by atoms with E-state index < -0.39 is 0 Å². The molecule has 0 saturated heterocycles. The number of rotatable bonds is 7. The first-order chi connectivity index (χ1) is 31.7. The van der Waals surface area contributed by atoms with Crippen molar-refractivity contribution in [2.45, 2.75) is 0 Å². The number of fused-ring (bicyclic) bond motifs is 6. The van der Waals surface area contributed by atoms with E-state index in [0.29, 0.717) is 28.6 Å². The van der Waals surface area contributed by atoms with Gasteiger partial charge in [-0.1, -0.05) is 182 Å². The predicted molar refractivity (Wildman–Crippen MR) is 260 cm³/mol. The SMILES string of the molecule is N#Cc1cc(-c2nc(-c3ccccc3)nc(-c3ccccc3)n2)c(-n2c3ccccc3c3cc(-c4ccccc4)ccc32)c(-n2c3ccccc3c3ccccc32)c1-c1ccccc1. The number of benzene rings is 9. The molecule has 0 N–H and O–H groups in total. The standard InChI is InChI=1S/C58H36N6/c59-37-43-36-48(58-61-56(40-23-9-3-10-24-40)60-57(62-58)41-25-11-4-12-26-41)54(63-51-32-18-15-29-46(51)47-35-42(33-34-52(47)63)38-19-5-1-6-20-38)55(53(43)39-21-7-2-8-22-39)64-49-30-16-13-27-44(49)45-28-14-17-31-50(45)64/h1-36H. The topological polar surface area (TPSA) is 72.3 Å². The Morgan fingerprint density at radius 3 is 1.25 bits per heavy atom. The van der Waals surface area contributed by atoms with Crippen LogP contribution in [0.2, 0.25) is 0 Å². The quantitative estimate of drug-likeness (QED) is 0.161. The zero-order valence-electron chi connectivity index (χ0n) is 34.5. The summed E-state index contributed by atoms with van der Waals surface area (Å²) in [5.74, 6) is 1.52. The van der Waals surface area contributed by atoms with Gasteiger partial charge in [0.2, 0.25) is 0 Å². The zero-order valence-corrected chi connectivity index (χ0v) is 34.5. The molecule has 0 bridgehead atoms. The second-order valence-corrected chi connectivity index (χ2v) is 15.9. The number of nitriles is 1. The molecular weight excluding hydrogens is 781 g/mol. The Bertz CT molecular complexity index is 3660. The van der Waals surface area contributed by atoms with Gasteiger partial charge in [0.05, 0.1) is 45.1 Å². The lowest BCUT2D eigenvalue weighted by Gasteiger charge is -2.24. The average molecular weight is 817 g/mol. The van der Waals surface area contributed by atoms with Crippen molar-refractivity contribution >= 4 is 43.6 Å². The van der Waals surface area contributed by atoms with E-state index in [0.717, 1.165) is 88.4 Å². The molecule has 0 aliphatic carbocycles. The first-order valence-electron chi connectivity index (χ1n) is 21.3. The van der Waals surface area contributed by atoms with E-state index in [4.69, 9.17) is 15.0 Å². The third kappa shape index (κ3) is 5.99. The Balaban J connectivity index is 1.32. The van der Waals surface area contributed by atoms with Gasteiger partial charge in [-0.05, 0) is 53.1 Å². The number of para-hydroxylation sites is 3. The van der Waals surface area contributed by atoms with Crippen LogP contribution in [0.25, 0.3) is 111 Å². The molecule has 0 aliphatic heterocycles. The molecule has 0 aliphatic rings. The highest BCUT2D eigenvalue weighted by Crippen LogP contribution is 2.47. The maximum atomic E-state index is 11.4. The second-order valence-electron chi connectivity index (χ2n) is 15.9. The summed E-state index contributed by atoms with van der Waals surface area (Å²) in [6.07, 6.45) is 0. The van der Waals surface area contributed by atoms with E-state index in [9.17, 15) is 5.26 Å². The third-order valence-corrected chi connectivity index (χ3v) is 12.2. The average Bonchev–Trinajstić information content (AvgIpc) is 3.89. The Hall–Kier alpha value is -8.92. The van der Waals surface area contributed by atoms with Crippen LogP contribution in [0.4, 0.5) is 0 Å². The van der Waals surface area contributed by atoms with E-state index in [-0.39, 0.29) is 0 Å². The number of hydrogen-bond acceptors (Lipinski definition) is 4. The van der Waals surface area contributed by atoms with Gasteiger partial charge in [-0.15, -0.1) is 0 Å². The smallest absolute Gasteiger partial charge is 0.166 e. The van der Waals surface area contributed by atoms with Crippen LogP contribution in [0.3, 0.4) is 0 Å². The van der Waals surface area contributed by atoms with Crippen LogP contribution in [-0.2, 0) is 0 Å². The Kier molecular flexibility index (Phi) is 8.77. The van der Waals surface area contributed by atoms with Gasteiger partial charge >= 0.3 is 0 Å². The molecule has 0 atom stereocenters. The van der Waals surface area contributed by atoms with Crippen LogP contribution in [0.15, 0.2) is 218 Å². The van der Waals surface area contributed by atoms with E-state index in [1.165, 1.54) is 0 Å².